The largest absolute Gasteiger partial charge is 0.398 e. The van der Waals surface area contributed by atoms with Gasteiger partial charge in [-0.25, -0.2) is 4.98 Å². The third-order valence-electron chi connectivity index (χ3n) is 2.51. The Morgan fingerprint density at radius 1 is 1.35 bits per heavy atom. The molecule has 4 heteroatoms. The van der Waals surface area contributed by atoms with E-state index in [1.807, 2.05) is 31.2 Å². The molecule has 0 amide bonds. The van der Waals surface area contributed by atoms with Crippen molar-refractivity contribution in [1.82, 2.24) is 4.98 Å². The Hall–Kier alpha value is -1.19. The minimum Gasteiger partial charge on any atom is -0.398 e. The molecule has 2 aromatic rings. The van der Waals surface area contributed by atoms with Crippen molar-refractivity contribution in [3.8, 4) is 0 Å². The highest BCUT2D eigenvalue weighted by atomic mass is 35.5. The number of hydrogen-bond acceptors (Lipinski definition) is 3. The zero-order valence-electron chi connectivity index (χ0n) is 9.48. The van der Waals surface area contributed by atoms with Crippen molar-refractivity contribution in [3.05, 3.63) is 52.8 Å². The van der Waals surface area contributed by atoms with E-state index in [0.29, 0.717) is 5.15 Å². The Morgan fingerprint density at radius 3 is 2.94 bits per heavy atom. The molecule has 17 heavy (non-hydrogen) atoms. The summed E-state index contributed by atoms with van der Waals surface area (Å²) in [6, 6.07) is 9.84. The van der Waals surface area contributed by atoms with E-state index in [0.717, 1.165) is 22.6 Å². The van der Waals surface area contributed by atoms with Crippen LogP contribution in [0, 0.1) is 6.92 Å². The number of hydrogen-bond donors (Lipinski definition) is 1. The van der Waals surface area contributed by atoms with Crippen LogP contribution in [0.3, 0.4) is 0 Å². The second-order valence-electron chi connectivity index (χ2n) is 3.75. The number of halogens is 1. The predicted molar refractivity (Wildman–Crippen MR) is 74.4 cm³/mol. The molecule has 0 aliphatic heterocycles. The van der Waals surface area contributed by atoms with Crippen LogP contribution in [0.25, 0.3) is 0 Å². The first-order chi connectivity index (χ1) is 8.16. The summed E-state index contributed by atoms with van der Waals surface area (Å²) in [4.78, 5) is 5.17. The summed E-state index contributed by atoms with van der Waals surface area (Å²) < 4.78 is 0. The molecule has 0 unspecified atom stereocenters. The summed E-state index contributed by atoms with van der Waals surface area (Å²) in [6.45, 7) is 2.04. The minimum atomic E-state index is 0.535. The summed E-state index contributed by atoms with van der Waals surface area (Å²) in [6.07, 6.45) is 1.73. The van der Waals surface area contributed by atoms with Crippen LogP contribution in [0.1, 0.15) is 11.1 Å². The molecule has 0 atom stereocenters. The van der Waals surface area contributed by atoms with Crippen molar-refractivity contribution >= 4 is 29.1 Å². The first-order valence-electron chi connectivity index (χ1n) is 5.25. The molecule has 1 aromatic heterocycles. The lowest BCUT2D eigenvalue weighted by molar-refractivity contribution is 1.26. The minimum absolute atomic E-state index is 0.535. The molecule has 0 spiro atoms. The van der Waals surface area contributed by atoms with E-state index in [2.05, 4.69) is 11.1 Å². The van der Waals surface area contributed by atoms with Crippen LogP contribution in [-0.2, 0) is 5.75 Å². The molecule has 0 radical (unpaired) electrons. The lowest BCUT2D eigenvalue weighted by Crippen LogP contribution is -1.91. The van der Waals surface area contributed by atoms with Gasteiger partial charge in [-0.15, -0.1) is 11.8 Å². The highest BCUT2D eigenvalue weighted by Crippen LogP contribution is 2.29. The summed E-state index contributed by atoms with van der Waals surface area (Å²) in [5.74, 6) is 0.868. The topological polar surface area (TPSA) is 38.9 Å². The van der Waals surface area contributed by atoms with E-state index in [1.54, 1.807) is 18.0 Å². The van der Waals surface area contributed by atoms with Gasteiger partial charge in [-0.05, 0) is 42.3 Å². The molecule has 2 N–H and O–H groups in total. The number of thioether (sulfide) groups is 1. The zero-order chi connectivity index (χ0) is 12.3. The highest BCUT2D eigenvalue weighted by molar-refractivity contribution is 7.98. The van der Waals surface area contributed by atoms with E-state index < -0.39 is 0 Å². The maximum Gasteiger partial charge on any atom is 0.129 e. The van der Waals surface area contributed by atoms with E-state index in [4.69, 9.17) is 17.3 Å². The Balaban J connectivity index is 2.10. The van der Waals surface area contributed by atoms with Gasteiger partial charge in [0.1, 0.15) is 5.15 Å². The van der Waals surface area contributed by atoms with Gasteiger partial charge in [0.2, 0.25) is 0 Å². The molecule has 0 saturated heterocycles. The third kappa shape index (κ3) is 3.14. The molecule has 1 heterocycles. The van der Waals surface area contributed by atoms with E-state index in [9.17, 15) is 0 Å². The number of nitrogens with zero attached hydrogens (tertiary/aromatic N) is 1. The fourth-order valence-electron chi connectivity index (χ4n) is 1.48. The molecule has 0 bridgehead atoms. The standard InChI is InChI=1S/C13H13ClN2S/c1-9-11(15)3-2-4-12(9)17-8-10-5-6-16-13(14)7-10/h2-7H,8,15H2,1H3. The average Bonchev–Trinajstić information content (AvgIpc) is 2.31. The van der Waals surface area contributed by atoms with Crippen LogP contribution in [-0.4, -0.2) is 4.98 Å². The summed E-state index contributed by atoms with van der Waals surface area (Å²) in [7, 11) is 0. The van der Waals surface area contributed by atoms with Crippen LogP contribution < -0.4 is 5.73 Å². The molecule has 1 aromatic carbocycles. The van der Waals surface area contributed by atoms with Gasteiger partial charge >= 0.3 is 0 Å². The fraction of sp³-hybridized carbons (Fsp3) is 0.154. The first kappa shape index (κ1) is 12.3. The molecule has 0 aliphatic carbocycles. The van der Waals surface area contributed by atoms with E-state index in [-0.39, 0.29) is 0 Å². The van der Waals surface area contributed by atoms with Crippen molar-refractivity contribution in [2.24, 2.45) is 0 Å². The highest BCUT2D eigenvalue weighted by Gasteiger charge is 2.03. The number of nitrogens with two attached hydrogens (primary N) is 1. The Morgan fingerprint density at radius 2 is 2.18 bits per heavy atom. The van der Waals surface area contributed by atoms with Gasteiger partial charge in [-0.2, -0.15) is 0 Å². The maximum absolute atomic E-state index is 5.87. The number of benzene rings is 1. The van der Waals surface area contributed by atoms with Gasteiger partial charge in [-0.1, -0.05) is 17.7 Å². The van der Waals surface area contributed by atoms with Gasteiger partial charge in [0.25, 0.3) is 0 Å². The Bertz CT molecular complexity index is 529. The quantitative estimate of drug-likeness (QED) is 0.519. The number of rotatable bonds is 3. The molecule has 0 aliphatic rings. The SMILES string of the molecule is Cc1c(N)cccc1SCc1ccnc(Cl)c1. The predicted octanol–water partition coefficient (Wildman–Crippen LogP) is 3.92. The smallest absolute Gasteiger partial charge is 0.129 e. The van der Waals surface area contributed by atoms with Crippen molar-refractivity contribution in [2.75, 3.05) is 5.73 Å². The second-order valence-corrected chi connectivity index (χ2v) is 5.15. The monoisotopic (exact) mass is 264 g/mol. The summed E-state index contributed by atoms with van der Waals surface area (Å²) in [5.41, 5.74) is 9.01. The molecule has 0 fully saturated rings. The average molecular weight is 265 g/mol. The second kappa shape index (κ2) is 5.43. The van der Waals surface area contributed by atoms with Crippen LogP contribution in [0.4, 0.5) is 5.69 Å². The van der Waals surface area contributed by atoms with Crippen molar-refractivity contribution < 1.29 is 0 Å². The molecular formula is C13H13ClN2S. The fourth-order valence-corrected chi connectivity index (χ4v) is 2.69. The van der Waals surface area contributed by atoms with E-state index >= 15 is 0 Å². The summed E-state index contributed by atoms with van der Waals surface area (Å²) in [5, 5.41) is 0.535. The number of aromatic nitrogens is 1. The number of anilines is 1. The first-order valence-corrected chi connectivity index (χ1v) is 6.61. The van der Waals surface area contributed by atoms with Crippen molar-refractivity contribution in [2.45, 2.75) is 17.6 Å². The van der Waals surface area contributed by atoms with Crippen LogP contribution >= 0.6 is 23.4 Å². The van der Waals surface area contributed by atoms with Gasteiger partial charge in [0.15, 0.2) is 0 Å². The normalized spacial score (nSPS) is 10.5. The van der Waals surface area contributed by atoms with Crippen LogP contribution in [0.15, 0.2) is 41.4 Å². The lowest BCUT2D eigenvalue weighted by Gasteiger charge is -2.07. The van der Waals surface area contributed by atoms with Gasteiger partial charge in [0.05, 0.1) is 0 Å². The van der Waals surface area contributed by atoms with Crippen LogP contribution in [0.5, 0.6) is 0 Å². The molecule has 2 rings (SSSR count). The maximum atomic E-state index is 5.87. The zero-order valence-corrected chi connectivity index (χ0v) is 11.1. The lowest BCUT2D eigenvalue weighted by atomic mass is 10.2. The van der Waals surface area contributed by atoms with Crippen molar-refractivity contribution in [3.63, 3.8) is 0 Å². The van der Waals surface area contributed by atoms with E-state index in [1.165, 1.54) is 4.90 Å². The van der Waals surface area contributed by atoms with Gasteiger partial charge in [-0.3, -0.25) is 0 Å². The van der Waals surface area contributed by atoms with Gasteiger partial charge in [0, 0.05) is 22.5 Å². The molecular weight excluding hydrogens is 252 g/mol. The molecule has 2 nitrogen and oxygen atoms in total. The Kier molecular flexibility index (Phi) is 3.92. The third-order valence-corrected chi connectivity index (χ3v) is 3.95. The van der Waals surface area contributed by atoms with Gasteiger partial charge < -0.3 is 5.73 Å². The molecule has 88 valence electrons. The van der Waals surface area contributed by atoms with Crippen LogP contribution in [0.2, 0.25) is 5.15 Å². The summed E-state index contributed by atoms with van der Waals surface area (Å²) >= 11 is 7.60. The van der Waals surface area contributed by atoms with Crippen molar-refractivity contribution in [1.29, 1.82) is 0 Å². The number of nitrogen functional groups attached to an aromatic ring is 1. The number of pyridine rings is 1. The Labute approximate surface area is 110 Å². The molecule has 0 saturated carbocycles.